The Morgan fingerprint density at radius 3 is 2.52 bits per heavy atom. The molecule has 4 nitrogen and oxygen atoms in total. The molecule has 4 rings (SSSR count). The van der Waals surface area contributed by atoms with Crippen molar-refractivity contribution in [2.75, 3.05) is 7.11 Å². The number of halogens is 1. The highest BCUT2D eigenvalue weighted by Gasteiger charge is 2.27. The van der Waals surface area contributed by atoms with Gasteiger partial charge in [-0.3, -0.25) is 4.79 Å². The van der Waals surface area contributed by atoms with Crippen molar-refractivity contribution in [2.24, 2.45) is 5.92 Å². The van der Waals surface area contributed by atoms with E-state index >= 15 is 0 Å². The van der Waals surface area contributed by atoms with Crippen molar-refractivity contribution in [1.29, 1.82) is 0 Å². The maximum atomic E-state index is 13.5. The Morgan fingerprint density at radius 2 is 1.81 bits per heavy atom. The molecule has 1 aromatic heterocycles. The zero-order valence-corrected chi connectivity index (χ0v) is 19.0. The molecule has 5 heteroatoms. The van der Waals surface area contributed by atoms with Gasteiger partial charge in [0.25, 0.3) is 0 Å². The van der Waals surface area contributed by atoms with E-state index < -0.39 is 0 Å². The number of carbonyl (C=O) groups excluding carboxylic acids is 1. The fourth-order valence-corrected chi connectivity index (χ4v) is 4.61. The van der Waals surface area contributed by atoms with Crippen LogP contribution in [-0.4, -0.2) is 22.9 Å². The van der Waals surface area contributed by atoms with Crippen molar-refractivity contribution in [1.82, 2.24) is 9.88 Å². The first-order valence-corrected chi connectivity index (χ1v) is 11.4. The van der Waals surface area contributed by atoms with Crippen molar-refractivity contribution in [3.05, 3.63) is 70.4 Å². The minimum absolute atomic E-state index is 0.0985. The maximum absolute atomic E-state index is 13.5. The Hall–Kier alpha value is -2.59. The molecule has 0 spiro atoms. The molecule has 0 radical (unpaired) electrons. The first-order valence-electron chi connectivity index (χ1n) is 11.0. The molecule has 1 aliphatic rings. The number of amides is 1. The van der Waals surface area contributed by atoms with E-state index in [0.29, 0.717) is 18.2 Å². The number of carbonyl (C=O) groups is 1. The Labute approximate surface area is 189 Å². The topological polar surface area (TPSA) is 42.4 Å². The van der Waals surface area contributed by atoms with Crippen LogP contribution in [0.1, 0.15) is 48.8 Å². The van der Waals surface area contributed by atoms with Crippen LogP contribution in [0.15, 0.2) is 48.5 Å². The fraction of sp³-hybridized carbons (Fsp3) is 0.385. The van der Waals surface area contributed by atoms with Gasteiger partial charge in [-0.1, -0.05) is 54.6 Å². The van der Waals surface area contributed by atoms with Gasteiger partial charge in [-0.15, -0.1) is 0 Å². The first-order chi connectivity index (χ1) is 15.0. The van der Waals surface area contributed by atoms with Crippen LogP contribution in [0.25, 0.3) is 10.9 Å². The van der Waals surface area contributed by atoms with E-state index in [4.69, 9.17) is 16.3 Å². The summed E-state index contributed by atoms with van der Waals surface area (Å²) in [5.41, 5.74) is 4.01. The minimum Gasteiger partial charge on any atom is -0.497 e. The Balaban J connectivity index is 1.63. The predicted octanol–water partition coefficient (Wildman–Crippen LogP) is 6.31. The van der Waals surface area contributed by atoms with Crippen molar-refractivity contribution >= 4 is 28.4 Å². The number of methoxy groups -OCH3 is 1. The molecule has 1 amide bonds. The summed E-state index contributed by atoms with van der Waals surface area (Å²) in [6, 6.07) is 16.1. The Bertz CT molecular complexity index is 1060. The second-order valence-electron chi connectivity index (χ2n) is 8.51. The quantitative estimate of drug-likeness (QED) is 0.425. The van der Waals surface area contributed by atoms with E-state index in [2.05, 4.69) is 24.0 Å². The molecule has 0 unspecified atom stereocenters. The van der Waals surface area contributed by atoms with Crippen LogP contribution in [-0.2, 0) is 17.9 Å². The second-order valence-corrected chi connectivity index (χ2v) is 8.87. The average Bonchev–Trinajstić information content (AvgIpc) is 2.80. The normalized spacial score (nSPS) is 14.5. The summed E-state index contributed by atoms with van der Waals surface area (Å²) in [4.78, 5) is 20.0. The summed E-state index contributed by atoms with van der Waals surface area (Å²) >= 11 is 6.55. The Morgan fingerprint density at radius 1 is 1.06 bits per heavy atom. The summed E-state index contributed by atoms with van der Waals surface area (Å²) < 4.78 is 5.27. The Kier molecular flexibility index (Phi) is 6.77. The van der Waals surface area contributed by atoms with Gasteiger partial charge in [0.15, 0.2) is 0 Å². The van der Waals surface area contributed by atoms with Gasteiger partial charge in [-0.25, -0.2) is 4.98 Å². The highest BCUT2D eigenvalue weighted by atomic mass is 35.5. The van der Waals surface area contributed by atoms with Crippen LogP contribution >= 0.6 is 11.6 Å². The van der Waals surface area contributed by atoms with Crippen molar-refractivity contribution < 1.29 is 9.53 Å². The number of fused-ring (bicyclic) bond motifs is 1. The third-order valence-electron chi connectivity index (χ3n) is 6.16. The minimum atomic E-state index is 0.0985. The molecule has 1 saturated carbocycles. The van der Waals surface area contributed by atoms with Gasteiger partial charge in [-0.2, -0.15) is 0 Å². The monoisotopic (exact) mass is 436 g/mol. The third-order valence-corrected chi connectivity index (χ3v) is 6.48. The van der Waals surface area contributed by atoms with Crippen LogP contribution in [0, 0.1) is 12.8 Å². The molecule has 1 fully saturated rings. The fourth-order valence-electron chi connectivity index (χ4n) is 4.40. The average molecular weight is 437 g/mol. The number of pyridine rings is 1. The summed E-state index contributed by atoms with van der Waals surface area (Å²) in [7, 11) is 1.66. The number of aromatic nitrogens is 1. The lowest BCUT2D eigenvalue weighted by atomic mass is 9.88. The number of hydrogen-bond donors (Lipinski definition) is 0. The largest absolute Gasteiger partial charge is 0.497 e. The molecule has 0 atom stereocenters. The number of nitrogens with zero attached hydrogens (tertiary/aromatic N) is 2. The second kappa shape index (κ2) is 9.69. The third kappa shape index (κ3) is 5.19. The molecule has 3 aromatic rings. The molecule has 162 valence electrons. The number of aryl methyl sites for hydroxylation is 1. The van der Waals surface area contributed by atoms with Crippen molar-refractivity contribution in [3.8, 4) is 5.75 Å². The lowest BCUT2D eigenvalue weighted by Crippen LogP contribution is -2.36. The van der Waals surface area contributed by atoms with E-state index in [-0.39, 0.29) is 11.8 Å². The highest BCUT2D eigenvalue weighted by molar-refractivity contribution is 6.30. The van der Waals surface area contributed by atoms with Crippen molar-refractivity contribution in [3.63, 3.8) is 0 Å². The number of ether oxygens (including phenoxy) is 1. The smallest absolute Gasteiger partial charge is 0.226 e. The molecule has 0 N–H and O–H groups in total. The van der Waals surface area contributed by atoms with Gasteiger partial charge in [0.05, 0.1) is 12.6 Å². The van der Waals surface area contributed by atoms with Gasteiger partial charge in [0, 0.05) is 30.0 Å². The molecule has 31 heavy (non-hydrogen) atoms. The van der Waals surface area contributed by atoms with Gasteiger partial charge >= 0.3 is 0 Å². The molecule has 0 saturated heterocycles. The SMILES string of the molecule is COc1ccc(CN(Cc2cc3cc(C)ccc3nc2Cl)C(=O)C2CCCCC2)cc1. The number of benzene rings is 2. The van der Waals surface area contributed by atoms with E-state index in [1.54, 1.807) is 7.11 Å². The van der Waals surface area contributed by atoms with E-state index in [1.807, 2.05) is 41.3 Å². The van der Waals surface area contributed by atoms with E-state index in [1.165, 1.54) is 12.0 Å². The van der Waals surface area contributed by atoms with Gasteiger partial charge in [0.1, 0.15) is 10.9 Å². The number of hydrogen-bond acceptors (Lipinski definition) is 3. The highest BCUT2D eigenvalue weighted by Crippen LogP contribution is 2.29. The zero-order valence-electron chi connectivity index (χ0n) is 18.2. The molecule has 0 aliphatic heterocycles. The standard InChI is InChI=1S/C26H29ClN2O2/c1-18-8-13-24-21(14-18)15-22(25(27)28-24)17-29(26(30)20-6-4-3-5-7-20)16-19-9-11-23(31-2)12-10-19/h8-15,20H,3-7,16-17H2,1-2H3. The van der Waals surface area contributed by atoms with Crippen LogP contribution < -0.4 is 4.74 Å². The lowest BCUT2D eigenvalue weighted by Gasteiger charge is -2.30. The van der Waals surface area contributed by atoms with Crippen molar-refractivity contribution in [2.45, 2.75) is 52.1 Å². The first kappa shape index (κ1) is 21.6. The summed E-state index contributed by atoms with van der Waals surface area (Å²) in [5, 5.41) is 1.52. The van der Waals surface area contributed by atoms with Crippen LogP contribution in [0.4, 0.5) is 0 Å². The van der Waals surface area contributed by atoms with Gasteiger partial charge in [0.2, 0.25) is 5.91 Å². The van der Waals surface area contributed by atoms with Gasteiger partial charge in [-0.05, 0) is 55.7 Å². The maximum Gasteiger partial charge on any atom is 0.226 e. The molecule has 2 aromatic carbocycles. The summed E-state index contributed by atoms with van der Waals surface area (Å²) in [6.07, 6.45) is 5.43. The van der Waals surface area contributed by atoms with E-state index in [0.717, 1.165) is 53.5 Å². The zero-order chi connectivity index (χ0) is 21.8. The molecule has 1 aliphatic carbocycles. The molecular weight excluding hydrogens is 408 g/mol. The molecule has 1 heterocycles. The molecule has 0 bridgehead atoms. The van der Waals surface area contributed by atoms with Crippen LogP contribution in [0.3, 0.4) is 0 Å². The predicted molar refractivity (Wildman–Crippen MR) is 125 cm³/mol. The molecular formula is C26H29ClN2O2. The lowest BCUT2D eigenvalue weighted by molar-refractivity contribution is -0.137. The summed E-state index contributed by atoms with van der Waals surface area (Å²) in [6.45, 7) is 3.06. The number of rotatable bonds is 6. The van der Waals surface area contributed by atoms with E-state index in [9.17, 15) is 4.79 Å². The van der Waals surface area contributed by atoms with Gasteiger partial charge < -0.3 is 9.64 Å². The summed E-state index contributed by atoms with van der Waals surface area (Å²) in [5.74, 6) is 1.13. The van der Waals surface area contributed by atoms with Crippen LogP contribution in [0.5, 0.6) is 5.75 Å². The van der Waals surface area contributed by atoms with Crippen LogP contribution in [0.2, 0.25) is 5.15 Å².